The summed E-state index contributed by atoms with van der Waals surface area (Å²) in [5.74, 6) is -0.551. The lowest BCUT2D eigenvalue weighted by molar-refractivity contribution is -0.276. The number of rotatable bonds is 6. The summed E-state index contributed by atoms with van der Waals surface area (Å²) in [7, 11) is 0. The number of halogens is 3. The minimum Gasteiger partial charge on any atom is -0.405 e. The summed E-state index contributed by atoms with van der Waals surface area (Å²) in [4.78, 5) is 0. The molecule has 0 spiro atoms. The topological polar surface area (TPSA) is 99.4 Å². The summed E-state index contributed by atoms with van der Waals surface area (Å²) >= 11 is 0. The quantitative estimate of drug-likeness (QED) is 0.520. The molecule has 0 aromatic heterocycles. The van der Waals surface area contributed by atoms with Gasteiger partial charge >= 0.3 is 6.36 Å². The number of benzene rings is 2. The molecular weight excluding hydrogens is 441 g/mol. The first-order valence-corrected chi connectivity index (χ1v) is 10.9. The number of hydrogen-bond acceptors (Lipinski definition) is 6. The Morgan fingerprint density at radius 1 is 0.970 bits per heavy atom. The van der Waals surface area contributed by atoms with Gasteiger partial charge < -0.3 is 29.9 Å². The molecule has 2 aromatic carbocycles. The number of aliphatic hydroxyl groups is 4. The fourth-order valence-electron chi connectivity index (χ4n) is 4.55. The van der Waals surface area contributed by atoms with E-state index in [-0.39, 0.29) is 5.56 Å². The van der Waals surface area contributed by atoms with Crippen LogP contribution in [0, 0.1) is 0 Å². The highest BCUT2D eigenvalue weighted by Crippen LogP contribution is 2.41. The lowest BCUT2D eigenvalue weighted by Crippen LogP contribution is -2.55. The van der Waals surface area contributed by atoms with Crippen LogP contribution in [-0.4, -0.2) is 57.8 Å². The molecule has 0 saturated carbocycles. The van der Waals surface area contributed by atoms with Crippen LogP contribution in [0.25, 0.3) is 0 Å². The standard InChI is InChI=1S/C24H27F3O6/c1-2-13-10-18(33-24(25,26)27)17(23-22(31)21(30)20(29)19(11-28)32-23)9-16(13)8-12-3-4-14-5-6-15(14)7-12/h3-4,7,9-10,19-23,28-31H,2,5-6,8,11H2,1H3/t19-,20-,21+,22-,23+/m1/s1. The first-order valence-electron chi connectivity index (χ1n) is 10.9. The number of alkyl halides is 3. The van der Waals surface area contributed by atoms with Crippen molar-refractivity contribution in [1.29, 1.82) is 0 Å². The molecule has 6 nitrogen and oxygen atoms in total. The van der Waals surface area contributed by atoms with Crippen molar-refractivity contribution >= 4 is 0 Å². The highest BCUT2D eigenvalue weighted by molar-refractivity contribution is 5.48. The van der Waals surface area contributed by atoms with Crippen LogP contribution in [0.15, 0.2) is 30.3 Å². The molecular formula is C24H27F3O6. The molecule has 4 rings (SSSR count). The Bertz CT molecular complexity index is 1010. The van der Waals surface area contributed by atoms with Crippen molar-refractivity contribution < 1.29 is 43.1 Å². The molecule has 1 aliphatic heterocycles. The van der Waals surface area contributed by atoms with Crippen LogP contribution in [0.4, 0.5) is 13.2 Å². The van der Waals surface area contributed by atoms with Crippen molar-refractivity contribution in [2.24, 2.45) is 0 Å². The minimum atomic E-state index is -4.99. The second-order valence-corrected chi connectivity index (χ2v) is 8.59. The van der Waals surface area contributed by atoms with Crippen molar-refractivity contribution in [1.82, 2.24) is 0 Å². The predicted molar refractivity (Wildman–Crippen MR) is 112 cm³/mol. The summed E-state index contributed by atoms with van der Waals surface area (Å²) in [5, 5.41) is 40.2. The van der Waals surface area contributed by atoms with Crippen molar-refractivity contribution in [3.8, 4) is 5.75 Å². The molecule has 180 valence electrons. The maximum Gasteiger partial charge on any atom is 0.573 e. The largest absolute Gasteiger partial charge is 0.573 e. The first kappa shape index (κ1) is 24.0. The normalized spacial score (nSPS) is 27.1. The van der Waals surface area contributed by atoms with Gasteiger partial charge in [-0.05, 0) is 65.6 Å². The predicted octanol–water partition coefficient (Wildman–Crippen LogP) is 2.35. The SMILES string of the molecule is CCc1cc(OC(F)(F)F)c([C@@H]2O[C@H](CO)[C@@H](O)[C@H](O)[C@H]2O)cc1Cc1ccc2c(c1)CC2. The summed E-state index contributed by atoms with van der Waals surface area (Å²) in [6.07, 6.45) is -9.82. The Morgan fingerprint density at radius 3 is 2.27 bits per heavy atom. The monoisotopic (exact) mass is 468 g/mol. The molecule has 0 radical (unpaired) electrons. The van der Waals surface area contributed by atoms with E-state index in [1.165, 1.54) is 23.3 Å². The number of fused-ring (bicyclic) bond motifs is 1. The van der Waals surface area contributed by atoms with E-state index in [0.29, 0.717) is 18.4 Å². The van der Waals surface area contributed by atoms with Crippen molar-refractivity contribution in [3.63, 3.8) is 0 Å². The van der Waals surface area contributed by atoms with Crippen molar-refractivity contribution in [3.05, 3.63) is 63.7 Å². The summed E-state index contributed by atoms with van der Waals surface area (Å²) < 4.78 is 49.3. The molecule has 9 heteroatoms. The van der Waals surface area contributed by atoms with Gasteiger partial charge in [0.05, 0.1) is 6.61 Å². The van der Waals surface area contributed by atoms with Gasteiger partial charge in [0, 0.05) is 5.56 Å². The summed E-state index contributed by atoms with van der Waals surface area (Å²) in [5.41, 5.74) is 4.83. The smallest absolute Gasteiger partial charge is 0.405 e. The Balaban J connectivity index is 1.77. The maximum absolute atomic E-state index is 13.2. The van der Waals surface area contributed by atoms with E-state index in [1.54, 1.807) is 0 Å². The fourth-order valence-corrected chi connectivity index (χ4v) is 4.55. The number of ether oxygens (including phenoxy) is 2. The van der Waals surface area contributed by atoms with Gasteiger partial charge in [-0.1, -0.05) is 25.1 Å². The number of aryl methyl sites for hydroxylation is 3. The van der Waals surface area contributed by atoms with Crippen molar-refractivity contribution in [2.45, 2.75) is 69.5 Å². The van der Waals surface area contributed by atoms with Gasteiger partial charge in [0.2, 0.25) is 0 Å². The fraction of sp³-hybridized carbons (Fsp3) is 0.500. The van der Waals surface area contributed by atoms with Gasteiger partial charge in [0.1, 0.15) is 36.3 Å². The zero-order valence-electron chi connectivity index (χ0n) is 18.0. The Morgan fingerprint density at radius 2 is 1.70 bits per heavy atom. The lowest BCUT2D eigenvalue weighted by atomic mass is 9.85. The van der Waals surface area contributed by atoms with Crippen LogP contribution in [-0.2, 0) is 30.4 Å². The molecule has 33 heavy (non-hydrogen) atoms. The van der Waals surface area contributed by atoms with Gasteiger partial charge in [-0.2, -0.15) is 0 Å². The first-order chi connectivity index (χ1) is 15.6. The highest BCUT2D eigenvalue weighted by atomic mass is 19.4. The third kappa shape index (κ3) is 4.88. The number of aliphatic hydroxyl groups excluding tert-OH is 4. The molecule has 1 heterocycles. The van der Waals surface area contributed by atoms with Crippen LogP contribution >= 0.6 is 0 Å². The summed E-state index contributed by atoms with van der Waals surface area (Å²) in [6, 6.07) is 8.91. The molecule has 0 unspecified atom stereocenters. The third-order valence-electron chi connectivity index (χ3n) is 6.47. The Labute approximate surface area is 189 Å². The van der Waals surface area contributed by atoms with E-state index in [9.17, 15) is 33.6 Å². The molecule has 2 aromatic rings. The summed E-state index contributed by atoms with van der Waals surface area (Å²) in [6.45, 7) is 1.13. The van der Waals surface area contributed by atoms with Crippen LogP contribution < -0.4 is 4.74 Å². The van der Waals surface area contributed by atoms with Gasteiger partial charge in [-0.15, -0.1) is 13.2 Å². The zero-order valence-corrected chi connectivity index (χ0v) is 18.0. The molecule has 1 aliphatic carbocycles. The second kappa shape index (κ2) is 9.23. The van der Waals surface area contributed by atoms with Crippen LogP contribution in [0.2, 0.25) is 0 Å². The van der Waals surface area contributed by atoms with E-state index in [2.05, 4.69) is 16.9 Å². The number of hydrogen-bond donors (Lipinski definition) is 4. The van der Waals surface area contributed by atoms with E-state index >= 15 is 0 Å². The van der Waals surface area contributed by atoms with E-state index in [1.807, 2.05) is 13.0 Å². The Kier molecular flexibility index (Phi) is 6.70. The van der Waals surface area contributed by atoms with E-state index in [4.69, 9.17) is 4.74 Å². The molecule has 5 atom stereocenters. The average molecular weight is 468 g/mol. The molecule has 4 N–H and O–H groups in total. The van der Waals surface area contributed by atoms with Crippen LogP contribution in [0.3, 0.4) is 0 Å². The van der Waals surface area contributed by atoms with Crippen molar-refractivity contribution in [2.75, 3.05) is 6.61 Å². The third-order valence-corrected chi connectivity index (χ3v) is 6.47. The van der Waals surface area contributed by atoms with Gasteiger partial charge in [-0.3, -0.25) is 0 Å². The van der Waals surface area contributed by atoms with E-state index in [0.717, 1.165) is 24.0 Å². The Hall–Kier alpha value is -2.17. The maximum atomic E-state index is 13.2. The molecule has 0 amide bonds. The zero-order chi connectivity index (χ0) is 23.9. The second-order valence-electron chi connectivity index (χ2n) is 8.59. The molecule has 1 saturated heterocycles. The van der Waals surface area contributed by atoms with Gasteiger partial charge in [0.15, 0.2) is 0 Å². The van der Waals surface area contributed by atoms with E-state index < -0.39 is 49.2 Å². The van der Waals surface area contributed by atoms with Gasteiger partial charge in [0.25, 0.3) is 0 Å². The minimum absolute atomic E-state index is 0.111. The van der Waals surface area contributed by atoms with Crippen LogP contribution in [0.5, 0.6) is 5.75 Å². The van der Waals surface area contributed by atoms with Crippen LogP contribution in [0.1, 0.15) is 46.4 Å². The molecule has 1 fully saturated rings. The van der Waals surface area contributed by atoms with Gasteiger partial charge in [-0.25, -0.2) is 0 Å². The lowest BCUT2D eigenvalue weighted by Gasteiger charge is -2.40. The highest BCUT2D eigenvalue weighted by Gasteiger charge is 2.46. The molecule has 2 aliphatic rings. The molecule has 0 bridgehead atoms. The average Bonchev–Trinajstić information content (AvgIpc) is 2.74.